The third kappa shape index (κ3) is 3.23. The fourth-order valence-electron chi connectivity index (χ4n) is 2.37. The molecule has 0 saturated carbocycles. The standard InChI is InChI=1S/C14H20N4S/c1-16-4-6-17(7-5-16)8-9-18-12-13(11-15-18)14-3-2-10-19-14/h2-3,10-12H,4-9H2,1H3. The van der Waals surface area contributed by atoms with E-state index in [4.69, 9.17) is 0 Å². The molecule has 1 fully saturated rings. The second kappa shape index (κ2) is 5.86. The maximum absolute atomic E-state index is 4.46. The first-order chi connectivity index (χ1) is 9.31. The lowest BCUT2D eigenvalue weighted by atomic mass is 10.3. The molecule has 0 radical (unpaired) electrons. The maximum Gasteiger partial charge on any atom is 0.0576 e. The van der Waals surface area contributed by atoms with Gasteiger partial charge in [0.2, 0.25) is 0 Å². The van der Waals surface area contributed by atoms with Crippen molar-refractivity contribution in [2.75, 3.05) is 39.8 Å². The highest BCUT2D eigenvalue weighted by atomic mass is 32.1. The van der Waals surface area contributed by atoms with Gasteiger partial charge >= 0.3 is 0 Å². The van der Waals surface area contributed by atoms with Crippen molar-refractivity contribution in [3.8, 4) is 10.4 Å². The van der Waals surface area contributed by atoms with Crippen LogP contribution in [0.1, 0.15) is 0 Å². The van der Waals surface area contributed by atoms with Crippen LogP contribution in [0.4, 0.5) is 0 Å². The van der Waals surface area contributed by atoms with Gasteiger partial charge in [0.05, 0.1) is 12.7 Å². The monoisotopic (exact) mass is 276 g/mol. The highest BCUT2D eigenvalue weighted by molar-refractivity contribution is 7.13. The van der Waals surface area contributed by atoms with Crippen LogP contribution in [0.15, 0.2) is 29.9 Å². The summed E-state index contributed by atoms with van der Waals surface area (Å²) in [6, 6.07) is 4.23. The molecule has 2 aromatic rings. The summed E-state index contributed by atoms with van der Waals surface area (Å²) in [4.78, 5) is 6.21. The van der Waals surface area contributed by atoms with E-state index in [9.17, 15) is 0 Å². The molecule has 0 amide bonds. The fraction of sp³-hybridized carbons (Fsp3) is 0.500. The van der Waals surface area contributed by atoms with Crippen molar-refractivity contribution in [1.29, 1.82) is 0 Å². The van der Waals surface area contributed by atoms with Crippen LogP contribution in [0.25, 0.3) is 10.4 Å². The Hall–Kier alpha value is -1.17. The summed E-state index contributed by atoms with van der Waals surface area (Å²) in [5.74, 6) is 0. The Morgan fingerprint density at radius 1 is 1.21 bits per heavy atom. The van der Waals surface area contributed by atoms with E-state index in [0.717, 1.165) is 13.1 Å². The van der Waals surface area contributed by atoms with Gasteiger partial charge in [-0.3, -0.25) is 9.58 Å². The molecule has 2 aromatic heterocycles. The number of aromatic nitrogens is 2. The minimum absolute atomic E-state index is 0.981. The van der Waals surface area contributed by atoms with E-state index in [0.29, 0.717) is 0 Å². The summed E-state index contributed by atoms with van der Waals surface area (Å²) >= 11 is 1.77. The molecule has 0 spiro atoms. The van der Waals surface area contributed by atoms with Gasteiger partial charge in [-0.1, -0.05) is 6.07 Å². The summed E-state index contributed by atoms with van der Waals surface area (Å²) in [5, 5.41) is 6.57. The van der Waals surface area contributed by atoms with Gasteiger partial charge in [0.15, 0.2) is 0 Å². The summed E-state index contributed by atoms with van der Waals surface area (Å²) in [6.45, 7) is 6.79. The summed E-state index contributed by atoms with van der Waals surface area (Å²) < 4.78 is 2.06. The van der Waals surface area contributed by atoms with Crippen LogP contribution in [0.2, 0.25) is 0 Å². The first-order valence-electron chi connectivity index (χ1n) is 6.78. The van der Waals surface area contributed by atoms with E-state index in [1.54, 1.807) is 11.3 Å². The molecule has 0 N–H and O–H groups in total. The number of hydrogen-bond acceptors (Lipinski definition) is 4. The SMILES string of the molecule is CN1CCN(CCn2cc(-c3cccs3)cn2)CC1. The van der Waals surface area contributed by atoms with Crippen LogP contribution in [-0.4, -0.2) is 59.4 Å². The molecular weight excluding hydrogens is 256 g/mol. The van der Waals surface area contributed by atoms with Crippen molar-refractivity contribution in [1.82, 2.24) is 19.6 Å². The average Bonchev–Trinajstić information content (AvgIpc) is 3.09. The lowest BCUT2D eigenvalue weighted by molar-refractivity contribution is 0.149. The Bertz CT molecular complexity index is 497. The fourth-order valence-corrected chi connectivity index (χ4v) is 3.07. The van der Waals surface area contributed by atoms with Crippen molar-refractivity contribution < 1.29 is 0 Å². The summed E-state index contributed by atoms with van der Waals surface area (Å²) in [6.07, 6.45) is 4.12. The van der Waals surface area contributed by atoms with E-state index < -0.39 is 0 Å². The van der Waals surface area contributed by atoms with Crippen molar-refractivity contribution in [2.45, 2.75) is 6.54 Å². The van der Waals surface area contributed by atoms with Gasteiger partial charge in [-0.2, -0.15) is 5.10 Å². The zero-order valence-electron chi connectivity index (χ0n) is 11.3. The molecule has 1 aliphatic rings. The third-order valence-corrected chi connectivity index (χ3v) is 4.60. The van der Waals surface area contributed by atoms with E-state index >= 15 is 0 Å². The zero-order valence-corrected chi connectivity index (χ0v) is 12.1. The maximum atomic E-state index is 4.46. The van der Waals surface area contributed by atoms with Crippen LogP contribution < -0.4 is 0 Å². The molecule has 0 aromatic carbocycles. The van der Waals surface area contributed by atoms with Crippen LogP contribution in [0.3, 0.4) is 0 Å². The van der Waals surface area contributed by atoms with Crippen LogP contribution >= 0.6 is 11.3 Å². The lowest BCUT2D eigenvalue weighted by Crippen LogP contribution is -2.45. The Balaban J connectivity index is 1.53. The van der Waals surface area contributed by atoms with Crippen LogP contribution in [0.5, 0.6) is 0 Å². The van der Waals surface area contributed by atoms with Gasteiger partial charge in [-0.25, -0.2) is 0 Å². The third-order valence-electron chi connectivity index (χ3n) is 3.68. The highest BCUT2D eigenvalue weighted by Crippen LogP contribution is 2.23. The van der Waals surface area contributed by atoms with Gasteiger partial charge in [0.1, 0.15) is 0 Å². The first-order valence-corrected chi connectivity index (χ1v) is 7.66. The number of thiophene rings is 1. The Morgan fingerprint density at radius 2 is 2.05 bits per heavy atom. The number of hydrogen-bond donors (Lipinski definition) is 0. The van der Waals surface area contributed by atoms with E-state index in [1.165, 1.54) is 36.6 Å². The Morgan fingerprint density at radius 3 is 2.79 bits per heavy atom. The minimum atomic E-state index is 0.981. The van der Waals surface area contributed by atoms with E-state index in [1.807, 2.05) is 6.20 Å². The first kappa shape index (κ1) is 12.8. The number of nitrogens with zero attached hydrogens (tertiary/aromatic N) is 4. The van der Waals surface area contributed by atoms with Crippen molar-refractivity contribution in [2.24, 2.45) is 0 Å². The van der Waals surface area contributed by atoms with Crippen molar-refractivity contribution >= 4 is 11.3 Å². The second-order valence-electron chi connectivity index (χ2n) is 5.11. The van der Waals surface area contributed by atoms with Crippen LogP contribution in [0, 0.1) is 0 Å². The predicted molar refractivity (Wildman–Crippen MR) is 79.5 cm³/mol. The molecule has 4 nitrogen and oxygen atoms in total. The summed E-state index contributed by atoms with van der Waals surface area (Å²) in [5.41, 5.74) is 1.23. The molecule has 102 valence electrons. The quantitative estimate of drug-likeness (QED) is 0.852. The molecule has 1 saturated heterocycles. The van der Waals surface area contributed by atoms with Gasteiger partial charge in [-0.15, -0.1) is 11.3 Å². The van der Waals surface area contributed by atoms with Crippen molar-refractivity contribution in [3.05, 3.63) is 29.9 Å². The van der Waals surface area contributed by atoms with Gasteiger partial charge in [-0.05, 0) is 18.5 Å². The molecule has 0 atom stereocenters. The number of piperazine rings is 1. The highest BCUT2D eigenvalue weighted by Gasteiger charge is 2.13. The Kier molecular flexibility index (Phi) is 3.96. The molecule has 0 aliphatic carbocycles. The topological polar surface area (TPSA) is 24.3 Å². The van der Waals surface area contributed by atoms with Gasteiger partial charge in [0, 0.05) is 49.4 Å². The molecule has 1 aliphatic heterocycles. The Labute approximate surface area is 118 Å². The predicted octanol–water partition coefficient (Wildman–Crippen LogP) is 1.86. The molecular formula is C14H20N4S. The molecule has 0 bridgehead atoms. The summed E-state index contributed by atoms with van der Waals surface area (Å²) in [7, 11) is 2.19. The molecule has 5 heteroatoms. The smallest absolute Gasteiger partial charge is 0.0576 e. The van der Waals surface area contributed by atoms with Crippen LogP contribution in [-0.2, 0) is 6.54 Å². The number of rotatable bonds is 4. The van der Waals surface area contributed by atoms with Gasteiger partial charge in [0.25, 0.3) is 0 Å². The van der Waals surface area contributed by atoms with E-state index in [2.05, 4.69) is 50.3 Å². The molecule has 3 heterocycles. The largest absolute Gasteiger partial charge is 0.304 e. The molecule has 19 heavy (non-hydrogen) atoms. The lowest BCUT2D eigenvalue weighted by Gasteiger charge is -2.32. The minimum Gasteiger partial charge on any atom is -0.304 e. The average molecular weight is 276 g/mol. The number of likely N-dealkylation sites (N-methyl/N-ethyl adjacent to an activating group) is 1. The van der Waals surface area contributed by atoms with Gasteiger partial charge < -0.3 is 4.90 Å². The molecule has 3 rings (SSSR count). The zero-order chi connectivity index (χ0) is 13.1. The second-order valence-corrected chi connectivity index (χ2v) is 6.06. The van der Waals surface area contributed by atoms with E-state index in [-0.39, 0.29) is 0 Å². The molecule has 0 unspecified atom stereocenters. The van der Waals surface area contributed by atoms with Crippen molar-refractivity contribution in [3.63, 3.8) is 0 Å². The normalized spacial score (nSPS) is 17.9.